The number of benzene rings is 2. The lowest BCUT2D eigenvalue weighted by molar-refractivity contribution is -0.127. The number of urea groups is 1. The number of nitrogens with zero attached hydrogens (tertiary/aromatic N) is 1. The third-order valence-electron chi connectivity index (χ3n) is 4.72. The van der Waals surface area contributed by atoms with Gasteiger partial charge in [0, 0.05) is 24.3 Å². The number of amides is 4. The zero-order valence-corrected chi connectivity index (χ0v) is 15.8. The molecule has 0 aliphatic carbocycles. The number of hydrazine groups is 1. The van der Waals surface area contributed by atoms with Gasteiger partial charge in [-0.3, -0.25) is 20.4 Å². The number of hydrogen-bond acceptors (Lipinski definition) is 3. The van der Waals surface area contributed by atoms with E-state index in [0.29, 0.717) is 30.8 Å². The van der Waals surface area contributed by atoms with E-state index in [1.165, 1.54) is 0 Å². The molecule has 1 aliphatic heterocycles. The second-order valence-electron chi connectivity index (χ2n) is 6.89. The van der Waals surface area contributed by atoms with Gasteiger partial charge in [0.2, 0.25) is 5.91 Å². The molecule has 1 aliphatic rings. The Labute approximate surface area is 164 Å². The van der Waals surface area contributed by atoms with E-state index < -0.39 is 0 Å². The van der Waals surface area contributed by atoms with Crippen molar-refractivity contribution < 1.29 is 14.4 Å². The molecule has 3 rings (SSSR count). The lowest BCUT2D eigenvalue weighted by Crippen LogP contribution is -2.50. The summed E-state index contributed by atoms with van der Waals surface area (Å²) >= 11 is 0. The quantitative estimate of drug-likeness (QED) is 0.715. The van der Waals surface area contributed by atoms with Crippen LogP contribution >= 0.6 is 0 Å². The Bertz CT molecular complexity index is 836. The van der Waals surface area contributed by atoms with Crippen molar-refractivity contribution in [1.29, 1.82) is 0 Å². The van der Waals surface area contributed by atoms with Crippen molar-refractivity contribution in [1.82, 2.24) is 15.8 Å². The summed E-state index contributed by atoms with van der Waals surface area (Å²) in [6.45, 7) is 2.84. The van der Waals surface area contributed by atoms with Crippen LogP contribution in [0, 0.1) is 12.8 Å². The highest BCUT2D eigenvalue weighted by Crippen LogP contribution is 2.18. The minimum Gasteiger partial charge on any atom is -0.324 e. The van der Waals surface area contributed by atoms with Gasteiger partial charge in [-0.2, -0.15) is 0 Å². The number of rotatable bonds is 3. The first-order valence-corrected chi connectivity index (χ1v) is 9.31. The van der Waals surface area contributed by atoms with Crippen molar-refractivity contribution in [2.75, 3.05) is 18.4 Å². The molecule has 1 heterocycles. The molecule has 2 aromatic carbocycles. The standard InChI is InChI=1S/C21H24N4O3/c1-15-9-11-16(12-10-15)19(26)23-24-20(27)17-6-5-13-25(14-17)21(28)22-18-7-3-2-4-8-18/h2-4,7-12,17H,5-6,13-14H2,1H3,(H,22,28)(H,23,26)(H,24,27)/t17-/m0/s1. The van der Waals surface area contributed by atoms with Gasteiger partial charge in [0.1, 0.15) is 0 Å². The molecule has 1 saturated heterocycles. The topological polar surface area (TPSA) is 90.5 Å². The van der Waals surface area contributed by atoms with Gasteiger partial charge in [0.05, 0.1) is 5.92 Å². The summed E-state index contributed by atoms with van der Waals surface area (Å²) in [6, 6.07) is 16.0. The van der Waals surface area contributed by atoms with Gasteiger partial charge in [-0.05, 0) is 44.0 Å². The zero-order chi connectivity index (χ0) is 19.9. The molecule has 0 saturated carbocycles. The van der Waals surface area contributed by atoms with Crippen LogP contribution in [0.3, 0.4) is 0 Å². The van der Waals surface area contributed by atoms with Crippen LogP contribution in [0.5, 0.6) is 0 Å². The van der Waals surface area contributed by atoms with Crippen LogP contribution < -0.4 is 16.2 Å². The second kappa shape index (κ2) is 9.03. The van der Waals surface area contributed by atoms with Crippen LogP contribution in [0.2, 0.25) is 0 Å². The predicted molar refractivity (Wildman–Crippen MR) is 107 cm³/mol. The summed E-state index contributed by atoms with van der Waals surface area (Å²) in [7, 11) is 0. The molecular weight excluding hydrogens is 356 g/mol. The number of nitrogens with one attached hydrogen (secondary N) is 3. The minimum absolute atomic E-state index is 0.229. The molecule has 2 aromatic rings. The van der Waals surface area contributed by atoms with Crippen molar-refractivity contribution in [2.45, 2.75) is 19.8 Å². The van der Waals surface area contributed by atoms with Crippen LogP contribution in [-0.2, 0) is 4.79 Å². The lowest BCUT2D eigenvalue weighted by Gasteiger charge is -2.32. The fourth-order valence-corrected chi connectivity index (χ4v) is 3.10. The van der Waals surface area contributed by atoms with Crippen LogP contribution in [0.1, 0.15) is 28.8 Å². The van der Waals surface area contributed by atoms with Gasteiger partial charge in [-0.25, -0.2) is 4.79 Å². The van der Waals surface area contributed by atoms with E-state index in [1.807, 2.05) is 49.4 Å². The molecule has 0 unspecified atom stereocenters. The van der Waals surface area contributed by atoms with Gasteiger partial charge in [-0.15, -0.1) is 0 Å². The fraction of sp³-hybridized carbons (Fsp3) is 0.286. The highest BCUT2D eigenvalue weighted by Gasteiger charge is 2.28. The summed E-state index contributed by atoms with van der Waals surface area (Å²) in [5.41, 5.74) is 7.16. The molecule has 3 N–H and O–H groups in total. The number of piperidine rings is 1. The summed E-state index contributed by atoms with van der Waals surface area (Å²) in [5, 5.41) is 2.83. The smallest absolute Gasteiger partial charge is 0.321 e. The number of carbonyl (C=O) groups excluding carboxylic acids is 3. The van der Waals surface area contributed by atoms with Gasteiger partial charge < -0.3 is 10.2 Å². The Morgan fingerprint density at radius 1 is 0.964 bits per heavy atom. The number of anilines is 1. The first-order valence-electron chi connectivity index (χ1n) is 9.31. The van der Waals surface area contributed by atoms with E-state index in [-0.39, 0.29) is 23.8 Å². The van der Waals surface area contributed by atoms with Crippen LogP contribution in [0.25, 0.3) is 0 Å². The second-order valence-corrected chi connectivity index (χ2v) is 6.89. The number of likely N-dealkylation sites (tertiary alicyclic amines) is 1. The molecule has 1 atom stereocenters. The molecule has 146 valence electrons. The summed E-state index contributed by atoms with van der Waals surface area (Å²) in [4.78, 5) is 38.6. The Kier molecular flexibility index (Phi) is 6.26. The molecule has 4 amide bonds. The van der Waals surface area contributed by atoms with Gasteiger partial charge in [0.15, 0.2) is 0 Å². The average Bonchev–Trinajstić information content (AvgIpc) is 2.73. The first-order chi connectivity index (χ1) is 13.5. The van der Waals surface area contributed by atoms with E-state index in [1.54, 1.807) is 17.0 Å². The average molecular weight is 380 g/mol. The molecule has 0 radical (unpaired) electrons. The maximum absolute atomic E-state index is 12.4. The molecule has 0 spiro atoms. The maximum atomic E-state index is 12.4. The largest absolute Gasteiger partial charge is 0.324 e. The van der Waals surface area contributed by atoms with E-state index in [9.17, 15) is 14.4 Å². The first kappa shape index (κ1) is 19.4. The van der Waals surface area contributed by atoms with Crippen molar-refractivity contribution in [3.8, 4) is 0 Å². The van der Waals surface area contributed by atoms with E-state index >= 15 is 0 Å². The molecule has 7 heteroatoms. The highest BCUT2D eigenvalue weighted by molar-refractivity contribution is 5.95. The van der Waals surface area contributed by atoms with Gasteiger partial charge >= 0.3 is 6.03 Å². The van der Waals surface area contributed by atoms with Crippen molar-refractivity contribution in [3.63, 3.8) is 0 Å². The van der Waals surface area contributed by atoms with Crippen molar-refractivity contribution >= 4 is 23.5 Å². The molecule has 28 heavy (non-hydrogen) atoms. The Morgan fingerprint density at radius 2 is 1.68 bits per heavy atom. The van der Waals surface area contributed by atoms with Gasteiger partial charge in [0.25, 0.3) is 5.91 Å². The predicted octanol–water partition coefficient (Wildman–Crippen LogP) is 2.70. The van der Waals surface area contributed by atoms with Crippen molar-refractivity contribution in [3.05, 3.63) is 65.7 Å². The monoisotopic (exact) mass is 380 g/mol. The normalized spacial score (nSPS) is 16.2. The molecular formula is C21H24N4O3. The number of para-hydroxylation sites is 1. The van der Waals surface area contributed by atoms with E-state index in [4.69, 9.17) is 0 Å². The fourth-order valence-electron chi connectivity index (χ4n) is 3.10. The minimum atomic E-state index is -0.372. The highest BCUT2D eigenvalue weighted by atomic mass is 16.2. The maximum Gasteiger partial charge on any atom is 0.321 e. The van der Waals surface area contributed by atoms with Crippen LogP contribution in [0.4, 0.5) is 10.5 Å². The molecule has 7 nitrogen and oxygen atoms in total. The summed E-state index contributed by atoms with van der Waals surface area (Å²) in [6.07, 6.45) is 1.40. The number of hydrogen-bond donors (Lipinski definition) is 3. The third kappa shape index (κ3) is 5.09. The Morgan fingerprint density at radius 3 is 2.39 bits per heavy atom. The third-order valence-corrected chi connectivity index (χ3v) is 4.72. The summed E-state index contributed by atoms with van der Waals surface area (Å²) < 4.78 is 0. The van der Waals surface area contributed by atoms with E-state index in [2.05, 4.69) is 16.2 Å². The Balaban J connectivity index is 1.50. The number of carbonyl (C=O) groups is 3. The van der Waals surface area contributed by atoms with Crippen LogP contribution in [-0.4, -0.2) is 35.8 Å². The van der Waals surface area contributed by atoms with Gasteiger partial charge in [-0.1, -0.05) is 35.9 Å². The summed E-state index contributed by atoms with van der Waals surface area (Å²) in [5.74, 6) is -1.03. The van der Waals surface area contributed by atoms with Crippen molar-refractivity contribution in [2.24, 2.45) is 5.92 Å². The molecule has 0 bridgehead atoms. The lowest BCUT2D eigenvalue weighted by atomic mass is 9.97. The Hall–Kier alpha value is -3.35. The zero-order valence-electron chi connectivity index (χ0n) is 15.8. The SMILES string of the molecule is Cc1ccc(C(=O)NNC(=O)[C@H]2CCCN(C(=O)Nc3ccccc3)C2)cc1. The molecule has 1 fully saturated rings. The van der Waals surface area contributed by atoms with E-state index in [0.717, 1.165) is 12.0 Å². The van der Waals surface area contributed by atoms with Crippen LogP contribution in [0.15, 0.2) is 54.6 Å². The molecule has 0 aromatic heterocycles. The number of aryl methyl sites for hydroxylation is 1.